The maximum atomic E-state index is 12.9. The van der Waals surface area contributed by atoms with E-state index in [-0.39, 0.29) is 11.2 Å². The summed E-state index contributed by atoms with van der Waals surface area (Å²) < 4.78 is 16.4. The minimum absolute atomic E-state index is 0.0294. The highest BCUT2D eigenvalue weighted by Gasteiger charge is 2.29. The van der Waals surface area contributed by atoms with Crippen LogP contribution in [0.15, 0.2) is 52.1 Å². The number of carbonyl (C=O) groups excluding carboxylic acids is 1. The van der Waals surface area contributed by atoms with Gasteiger partial charge in [-0.2, -0.15) is 0 Å². The van der Waals surface area contributed by atoms with Crippen LogP contribution < -0.4 is 14.4 Å². The lowest BCUT2D eigenvalue weighted by molar-refractivity contribution is -0.117. The predicted octanol–water partition coefficient (Wildman–Crippen LogP) is 3.82. The van der Waals surface area contributed by atoms with Crippen molar-refractivity contribution in [2.24, 2.45) is 0 Å². The molecule has 1 aliphatic heterocycles. The molecule has 2 heterocycles. The first kappa shape index (κ1) is 19.3. The Morgan fingerprint density at radius 3 is 2.79 bits per heavy atom. The van der Waals surface area contributed by atoms with Crippen LogP contribution in [0.3, 0.4) is 0 Å². The monoisotopic (exact) mass is 411 g/mol. The molecule has 8 heteroatoms. The molecule has 4 rings (SSSR count). The predicted molar refractivity (Wildman–Crippen MR) is 111 cm³/mol. The number of hydrogen-bond donors (Lipinski definition) is 0. The number of thioether (sulfide) groups is 1. The number of aromatic nitrogens is 2. The van der Waals surface area contributed by atoms with Crippen LogP contribution in [0.4, 0.5) is 5.69 Å². The summed E-state index contributed by atoms with van der Waals surface area (Å²) in [6, 6.07) is 13.4. The number of fused-ring (bicyclic) bond motifs is 1. The molecule has 3 aromatic rings. The molecule has 0 spiro atoms. The highest BCUT2D eigenvalue weighted by molar-refractivity contribution is 8.00. The van der Waals surface area contributed by atoms with E-state index in [1.165, 1.54) is 17.3 Å². The number of methoxy groups -OCH3 is 2. The van der Waals surface area contributed by atoms with E-state index in [9.17, 15) is 4.79 Å². The summed E-state index contributed by atoms with van der Waals surface area (Å²) in [5.74, 6) is 1.60. The van der Waals surface area contributed by atoms with Crippen molar-refractivity contribution in [3.05, 3.63) is 48.0 Å². The largest absolute Gasteiger partial charge is 0.497 e. The van der Waals surface area contributed by atoms with Crippen LogP contribution >= 0.6 is 11.8 Å². The zero-order chi connectivity index (χ0) is 20.4. The average molecular weight is 411 g/mol. The number of nitrogens with zero attached hydrogens (tertiary/aromatic N) is 3. The maximum absolute atomic E-state index is 12.9. The third kappa shape index (κ3) is 3.80. The first-order valence-corrected chi connectivity index (χ1v) is 10.1. The second kappa shape index (κ2) is 8.16. The molecule has 29 heavy (non-hydrogen) atoms. The van der Waals surface area contributed by atoms with Gasteiger partial charge in [-0.3, -0.25) is 4.79 Å². The molecule has 1 atom stereocenters. The minimum Gasteiger partial charge on any atom is -0.497 e. The van der Waals surface area contributed by atoms with E-state index in [0.717, 1.165) is 12.1 Å². The zero-order valence-electron chi connectivity index (χ0n) is 16.4. The van der Waals surface area contributed by atoms with Crippen LogP contribution in [0.25, 0.3) is 11.5 Å². The van der Waals surface area contributed by atoms with Gasteiger partial charge in [-0.05, 0) is 37.1 Å². The number of para-hydroxylation sites is 1. The molecule has 1 amide bonds. The van der Waals surface area contributed by atoms with Crippen LogP contribution in [0, 0.1) is 0 Å². The third-order valence-corrected chi connectivity index (χ3v) is 5.75. The van der Waals surface area contributed by atoms with E-state index < -0.39 is 0 Å². The van der Waals surface area contributed by atoms with Crippen molar-refractivity contribution in [1.29, 1.82) is 0 Å². The van der Waals surface area contributed by atoms with Gasteiger partial charge >= 0.3 is 0 Å². The van der Waals surface area contributed by atoms with E-state index >= 15 is 0 Å². The number of anilines is 1. The smallest absolute Gasteiger partial charge is 0.277 e. The van der Waals surface area contributed by atoms with Gasteiger partial charge < -0.3 is 18.8 Å². The quantitative estimate of drug-likeness (QED) is 0.571. The van der Waals surface area contributed by atoms with Gasteiger partial charge in [0.2, 0.25) is 5.91 Å². The van der Waals surface area contributed by atoms with Gasteiger partial charge in [0.15, 0.2) is 0 Å². The van der Waals surface area contributed by atoms with Crippen molar-refractivity contribution in [2.75, 3.05) is 25.7 Å². The minimum atomic E-state index is -0.354. The molecule has 0 N–H and O–H groups in total. The summed E-state index contributed by atoms with van der Waals surface area (Å²) >= 11 is 1.25. The number of carbonyl (C=O) groups is 1. The van der Waals surface area contributed by atoms with Crippen LogP contribution in [0.1, 0.15) is 12.5 Å². The Morgan fingerprint density at radius 2 is 2.00 bits per heavy atom. The highest BCUT2D eigenvalue weighted by atomic mass is 32.2. The molecule has 0 fully saturated rings. The zero-order valence-corrected chi connectivity index (χ0v) is 17.2. The van der Waals surface area contributed by atoms with Crippen molar-refractivity contribution < 1.29 is 18.7 Å². The van der Waals surface area contributed by atoms with Crippen LogP contribution in [-0.2, 0) is 11.2 Å². The maximum Gasteiger partial charge on any atom is 0.277 e. The first-order chi connectivity index (χ1) is 14.1. The van der Waals surface area contributed by atoms with Crippen molar-refractivity contribution in [2.45, 2.75) is 23.8 Å². The molecular formula is C21H21N3O4S. The lowest BCUT2D eigenvalue weighted by Gasteiger charge is -2.20. The molecule has 1 aromatic heterocycles. The molecule has 7 nitrogen and oxygen atoms in total. The molecule has 0 unspecified atom stereocenters. The van der Waals surface area contributed by atoms with E-state index in [1.807, 2.05) is 30.0 Å². The standard InChI is InChI=1S/C21H21N3O4S/c1-13(20(25)24-11-10-14-6-4-5-7-17(14)24)29-21-23-22-19(28-21)16-9-8-15(26-2)12-18(16)27-3/h4-9,12-13H,10-11H2,1-3H3/t13-/m1/s1. The Morgan fingerprint density at radius 1 is 1.17 bits per heavy atom. The Bertz CT molecular complexity index is 1040. The average Bonchev–Trinajstić information content (AvgIpc) is 3.39. The molecule has 0 bridgehead atoms. The molecule has 2 aromatic carbocycles. The second-order valence-electron chi connectivity index (χ2n) is 6.57. The van der Waals surface area contributed by atoms with Crippen LogP contribution in [-0.4, -0.2) is 42.1 Å². The van der Waals surface area contributed by atoms with Gasteiger partial charge in [0, 0.05) is 18.3 Å². The fourth-order valence-corrected chi connectivity index (χ4v) is 4.08. The summed E-state index contributed by atoms with van der Waals surface area (Å²) in [7, 11) is 3.16. The SMILES string of the molecule is COc1ccc(-c2nnc(S[C@H](C)C(=O)N3CCc4ccccc43)o2)c(OC)c1. The van der Waals surface area contributed by atoms with Gasteiger partial charge in [0.25, 0.3) is 11.1 Å². The fourth-order valence-electron chi connectivity index (χ4n) is 3.33. The number of benzene rings is 2. The molecule has 150 valence electrons. The van der Waals surface area contributed by atoms with Crippen molar-refractivity contribution in [3.63, 3.8) is 0 Å². The highest BCUT2D eigenvalue weighted by Crippen LogP contribution is 2.35. The number of rotatable bonds is 6. The van der Waals surface area contributed by atoms with Gasteiger partial charge in [-0.1, -0.05) is 30.0 Å². The topological polar surface area (TPSA) is 77.7 Å². The van der Waals surface area contributed by atoms with Crippen LogP contribution in [0.5, 0.6) is 11.5 Å². The lowest BCUT2D eigenvalue weighted by atomic mass is 10.2. The molecule has 0 saturated heterocycles. The fraction of sp³-hybridized carbons (Fsp3) is 0.286. The summed E-state index contributed by atoms with van der Waals surface area (Å²) in [4.78, 5) is 14.8. The van der Waals surface area contributed by atoms with Crippen molar-refractivity contribution in [1.82, 2.24) is 10.2 Å². The second-order valence-corrected chi connectivity index (χ2v) is 7.86. The first-order valence-electron chi connectivity index (χ1n) is 9.22. The van der Waals surface area contributed by atoms with E-state index in [4.69, 9.17) is 13.9 Å². The molecular weight excluding hydrogens is 390 g/mol. The van der Waals surface area contributed by atoms with Gasteiger partial charge in [0.1, 0.15) is 11.5 Å². The van der Waals surface area contributed by atoms with Crippen molar-refractivity contribution >= 4 is 23.4 Å². The van der Waals surface area contributed by atoms with E-state index in [2.05, 4.69) is 16.3 Å². The normalized spacial score (nSPS) is 13.8. The van der Waals surface area contributed by atoms with E-state index in [0.29, 0.717) is 34.7 Å². The van der Waals surface area contributed by atoms with Crippen LogP contribution in [0.2, 0.25) is 0 Å². The molecule has 0 radical (unpaired) electrons. The van der Waals surface area contributed by atoms with E-state index in [1.54, 1.807) is 32.4 Å². The third-order valence-electron chi connectivity index (χ3n) is 4.82. The summed E-state index contributed by atoms with van der Waals surface area (Å²) in [6.45, 7) is 2.55. The Hall–Kier alpha value is -3.00. The summed E-state index contributed by atoms with van der Waals surface area (Å²) in [5.41, 5.74) is 2.85. The number of amides is 1. The Kier molecular flexibility index (Phi) is 5.44. The Labute approximate surface area is 173 Å². The summed E-state index contributed by atoms with van der Waals surface area (Å²) in [5, 5.41) is 8.19. The van der Waals surface area contributed by atoms with Gasteiger partial charge in [-0.25, -0.2) is 0 Å². The number of ether oxygens (including phenoxy) is 2. The van der Waals surface area contributed by atoms with Gasteiger partial charge in [-0.15, -0.1) is 10.2 Å². The molecule has 0 saturated carbocycles. The molecule has 0 aliphatic carbocycles. The lowest BCUT2D eigenvalue weighted by Crippen LogP contribution is -2.35. The van der Waals surface area contributed by atoms with Crippen molar-refractivity contribution in [3.8, 4) is 23.0 Å². The number of hydrogen-bond acceptors (Lipinski definition) is 7. The van der Waals surface area contributed by atoms with Gasteiger partial charge in [0.05, 0.1) is 25.0 Å². The molecule has 1 aliphatic rings. The summed E-state index contributed by atoms with van der Waals surface area (Å²) in [6.07, 6.45) is 0.876. The Balaban J connectivity index is 1.49.